The second-order valence-corrected chi connectivity index (χ2v) is 4.36. The van der Waals surface area contributed by atoms with Crippen molar-refractivity contribution in [1.29, 1.82) is 0 Å². The molecule has 1 unspecified atom stereocenters. The summed E-state index contributed by atoms with van der Waals surface area (Å²) in [5.74, 6) is 0. The van der Waals surface area contributed by atoms with Crippen LogP contribution in [0.3, 0.4) is 0 Å². The molecule has 0 aliphatic heterocycles. The minimum Gasteiger partial charge on any atom is -0.384 e. The van der Waals surface area contributed by atoms with Crippen molar-refractivity contribution < 1.29 is 5.11 Å². The van der Waals surface area contributed by atoms with E-state index in [2.05, 4.69) is 26.0 Å². The molecule has 0 heterocycles. The second kappa shape index (κ2) is 4.19. The van der Waals surface area contributed by atoms with Gasteiger partial charge in [-0.05, 0) is 55.4 Å². The van der Waals surface area contributed by atoms with Crippen LogP contribution < -0.4 is 0 Å². The zero-order valence-electron chi connectivity index (χ0n) is 9.46. The number of hydrogen-bond acceptors (Lipinski definition) is 1. The first-order chi connectivity index (χ1) is 7.20. The average Bonchev–Trinajstić information content (AvgIpc) is 2.74. The molecule has 2 rings (SSSR count). The van der Waals surface area contributed by atoms with Gasteiger partial charge in [-0.3, -0.25) is 0 Å². The largest absolute Gasteiger partial charge is 0.384 e. The maximum absolute atomic E-state index is 10.3. The number of benzene rings is 1. The van der Waals surface area contributed by atoms with Gasteiger partial charge < -0.3 is 5.11 Å². The molecule has 0 bridgehead atoms. The van der Waals surface area contributed by atoms with Crippen molar-refractivity contribution in [3.8, 4) is 0 Å². The highest BCUT2D eigenvalue weighted by Gasteiger charge is 2.18. The molecule has 1 aromatic carbocycles. The summed E-state index contributed by atoms with van der Waals surface area (Å²) in [6, 6.07) is 6.15. The Morgan fingerprint density at radius 3 is 2.73 bits per heavy atom. The van der Waals surface area contributed by atoms with Gasteiger partial charge in [0.05, 0.1) is 0 Å². The molecule has 0 spiro atoms. The average molecular weight is 202 g/mol. The summed E-state index contributed by atoms with van der Waals surface area (Å²) >= 11 is 0. The van der Waals surface area contributed by atoms with Crippen LogP contribution in [0.25, 0.3) is 0 Å². The van der Waals surface area contributed by atoms with E-state index in [4.69, 9.17) is 0 Å². The van der Waals surface area contributed by atoms with Crippen LogP contribution in [0.15, 0.2) is 29.8 Å². The van der Waals surface area contributed by atoms with E-state index in [1.807, 2.05) is 12.1 Å². The van der Waals surface area contributed by atoms with E-state index in [9.17, 15) is 5.11 Å². The number of aliphatic hydroxyl groups is 1. The summed E-state index contributed by atoms with van der Waals surface area (Å²) in [5.41, 5.74) is 4.75. The highest BCUT2D eigenvalue weighted by molar-refractivity contribution is 5.38. The van der Waals surface area contributed by atoms with Crippen LogP contribution in [0.1, 0.15) is 42.1 Å². The fourth-order valence-electron chi connectivity index (χ4n) is 2.21. The molecule has 0 fully saturated rings. The lowest BCUT2D eigenvalue weighted by atomic mass is 9.94. The van der Waals surface area contributed by atoms with E-state index >= 15 is 0 Å². The summed E-state index contributed by atoms with van der Waals surface area (Å²) in [6.07, 6.45) is 5.17. The van der Waals surface area contributed by atoms with Crippen molar-refractivity contribution in [3.63, 3.8) is 0 Å². The zero-order chi connectivity index (χ0) is 10.8. The van der Waals surface area contributed by atoms with Gasteiger partial charge in [-0.25, -0.2) is 0 Å². The van der Waals surface area contributed by atoms with Gasteiger partial charge in [-0.15, -0.1) is 0 Å². The molecule has 0 aromatic heterocycles. The molecule has 1 aliphatic rings. The first-order valence-electron chi connectivity index (χ1n) is 5.63. The Morgan fingerprint density at radius 1 is 1.27 bits per heavy atom. The molecule has 80 valence electrons. The lowest BCUT2D eigenvalue weighted by Gasteiger charge is -2.16. The Bertz CT molecular complexity index is 390. The van der Waals surface area contributed by atoms with E-state index in [0.29, 0.717) is 0 Å². The van der Waals surface area contributed by atoms with E-state index < -0.39 is 0 Å². The fourth-order valence-corrected chi connectivity index (χ4v) is 2.21. The van der Waals surface area contributed by atoms with Gasteiger partial charge in [0.2, 0.25) is 0 Å². The third-order valence-electron chi connectivity index (χ3n) is 3.37. The molecule has 1 aliphatic carbocycles. The monoisotopic (exact) mass is 202 g/mol. The highest BCUT2D eigenvalue weighted by atomic mass is 16.3. The van der Waals surface area contributed by atoms with Gasteiger partial charge in [0, 0.05) is 0 Å². The van der Waals surface area contributed by atoms with E-state index in [-0.39, 0.29) is 6.10 Å². The molecular formula is C14H18O. The topological polar surface area (TPSA) is 20.2 Å². The van der Waals surface area contributed by atoms with Gasteiger partial charge in [0.1, 0.15) is 6.10 Å². The normalized spacial score (nSPS) is 17.7. The third kappa shape index (κ3) is 1.98. The summed E-state index contributed by atoms with van der Waals surface area (Å²) < 4.78 is 0. The third-order valence-corrected chi connectivity index (χ3v) is 3.37. The van der Waals surface area contributed by atoms with Crippen molar-refractivity contribution >= 4 is 0 Å². The zero-order valence-corrected chi connectivity index (χ0v) is 9.46. The maximum Gasteiger partial charge on any atom is 0.100 e. The number of allylic oxidation sites excluding steroid dienone is 1. The van der Waals surface area contributed by atoms with Gasteiger partial charge >= 0.3 is 0 Å². The van der Waals surface area contributed by atoms with Gasteiger partial charge in [0.25, 0.3) is 0 Å². The lowest BCUT2D eigenvalue weighted by Crippen LogP contribution is -2.03. The molecule has 1 N–H and O–H groups in total. The first-order valence-corrected chi connectivity index (χ1v) is 5.63. The molecular weight excluding hydrogens is 184 g/mol. The Hall–Kier alpha value is -1.08. The Morgan fingerprint density at radius 2 is 2.07 bits per heavy atom. The first kappa shape index (κ1) is 10.4. The predicted octanol–water partition coefficient (Wildman–Crippen LogP) is 3.45. The predicted molar refractivity (Wildman–Crippen MR) is 62.8 cm³/mol. The van der Waals surface area contributed by atoms with Crippen molar-refractivity contribution in [2.45, 2.75) is 39.2 Å². The number of aliphatic hydroxyl groups excluding tert-OH is 1. The maximum atomic E-state index is 10.3. The molecule has 0 saturated heterocycles. The molecule has 1 nitrogen and oxygen atoms in total. The van der Waals surface area contributed by atoms with Crippen LogP contribution in [0, 0.1) is 13.8 Å². The van der Waals surface area contributed by atoms with Crippen LogP contribution in [0.5, 0.6) is 0 Å². The fraction of sp³-hybridized carbons (Fsp3) is 0.429. The van der Waals surface area contributed by atoms with Crippen molar-refractivity contribution in [2.24, 2.45) is 0 Å². The minimum absolute atomic E-state index is 0.382. The van der Waals surface area contributed by atoms with Crippen LogP contribution >= 0.6 is 0 Å². The summed E-state index contributed by atoms with van der Waals surface area (Å²) in [4.78, 5) is 0. The highest BCUT2D eigenvalue weighted by Crippen LogP contribution is 2.32. The van der Waals surface area contributed by atoms with E-state index in [1.54, 1.807) is 0 Å². The number of aryl methyl sites for hydroxylation is 1. The van der Waals surface area contributed by atoms with E-state index in [0.717, 1.165) is 18.4 Å². The SMILES string of the molecule is Cc1cccc(C(O)C2=CCCC2)c1C. The van der Waals surface area contributed by atoms with Crippen molar-refractivity contribution in [3.05, 3.63) is 46.5 Å². The Labute approximate surface area is 91.4 Å². The smallest absolute Gasteiger partial charge is 0.100 e. The lowest BCUT2D eigenvalue weighted by molar-refractivity contribution is 0.212. The van der Waals surface area contributed by atoms with Crippen LogP contribution in [0.2, 0.25) is 0 Å². The van der Waals surface area contributed by atoms with Gasteiger partial charge in [-0.1, -0.05) is 24.3 Å². The van der Waals surface area contributed by atoms with Crippen molar-refractivity contribution in [2.75, 3.05) is 0 Å². The van der Waals surface area contributed by atoms with Crippen LogP contribution in [-0.2, 0) is 0 Å². The summed E-state index contributed by atoms with van der Waals surface area (Å²) in [6.45, 7) is 4.18. The van der Waals surface area contributed by atoms with Gasteiger partial charge in [-0.2, -0.15) is 0 Å². The molecule has 1 aromatic rings. The molecule has 0 amide bonds. The molecule has 0 saturated carbocycles. The standard InChI is InChI=1S/C14H18O/c1-10-6-5-9-13(11(10)2)14(15)12-7-3-4-8-12/h5-7,9,14-15H,3-4,8H2,1-2H3. The summed E-state index contributed by atoms with van der Waals surface area (Å²) in [7, 11) is 0. The van der Waals surface area contributed by atoms with Crippen molar-refractivity contribution in [1.82, 2.24) is 0 Å². The second-order valence-electron chi connectivity index (χ2n) is 4.36. The molecule has 1 atom stereocenters. The number of hydrogen-bond donors (Lipinski definition) is 1. The molecule has 15 heavy (non-hydrogen) atoms. The Kier molecular flexibility index (Phi) is 2.92. The summed E-state index contributed by atoms with van der Waals surface area (Å²) in [5, 5.41) is 10.3. The van der Waals surface area contributed by atoms with E-state index in [1.165, 1.54) is 23.1 Å². The van der Waals surface area contributed by atoms with Gasteiger partial charge in [0.15, 0.2) is 0 Å². The number of rotatable bonds is 2. The minimum atomic E-state index is -0.382. The Balaban J connectivity index is 2.32. The van der Waals surface area contributed by atoms with Crippen LogP contribution in [-0.4, -0.2) is 5.11 Å². The van der Waals surface area contributed by atoms with Crippen LogP contribution in [0.4, 0.5) is 0 Å². The molecule has 1 heteroatoms. The molecule has 0 radical (unpaired) electrons. The quantitative estimate of drug-likeness (QED) is 0.728.